The Hall–Kier alpha value is -4.92. The molecule has 1 spiro atoms. The van der Waals surface area contributed by atoms with Crippen LogP contribution >= 0.6 is 0 Å². The molecule has 8 rings (SSSR count). The Morgan fingerprint density at radius 3 is 2.32 bits per heavy atom. The van der Waals surface area contributed by atoms with Crippen LogP contribution in [0.25, 0.3) is 22.2 Å². The van der Waals surface area contributed by atoms with E-state index in [9.17, 15) is 32.7 Å². The van der Waals surface area contributed by atoms with Crippen molar-refractivity contribution < 1.29 is 42.2 Å². The highest BCUT2D eigenvalue weighted by molar-refractivity contribution is 7.91. The fourth-order valence-electron chi connectivity index (χ4n) is 8.60. The van der Waals surface area contributed by atoms with E-state index in [1.165, 1.54) is 4.90 Å². The number of methoxy groups -OCH3 is 1. The number of carbonyl (C=O) groups is 4. The second-order valence-corrected chi connectivity index (χ2v) is 19.7. The minimum Gasteiger partial charge on any atom is -0.497 e. The van der Waals surface area contributed by atoms with E-state index < -0.39 is 73.1 Å². The van der Waals surface area contributed by atoms with Crippen molar-refractivity contribution >= 4 is 44.7 Å². The van der Waals surface area contributed by atoms with E-state index in [-0.39, 0.29) is 13.0 Å². The smallest absolute Gasteiger partial charge is 0.405 e. The minimum atomic E-state index is -3.99. The zero-order chi connectivity index (χ0) is 39.8. The van der Waals surface area contributed by atoms with E-state index in [0.717, 1.165) is 18.4 Å². The molecule has 0 bridgehead atoms. The first-order valence-corrected chi connectivity index (χ1v) is 20.9. The molecule has 4 N–H and O–H groups in total. The predicted molar refractivity (Wildman–Crippen MR) is 206 cm³/mol. The maximum atomic E-state index is 14.5. The van der Waals surface area contributed by atoms with Crippen molar-refractivity contribution in [3.05, 3.63) is 54.6 Å². The van der Waals surface area contributed by atoms with Gasteiger partial charge in [-0.3, -0.25) is 19.1 Å². The van der Waals surface area contributed by atoms with E-state index in [2.05, 4.69) is 15.4 Å². The molecule has 15 heteroatoms. The van der Waals surface area contributed by atoms with E-state index in [4.69, 9.17) is 14.5 Å². The Bertz CT molecular complexity index is 2210. The molecule has 4 aliphatic carbocycles. The molecule has 0 radical (unpaired) electrons. The lowest BCUT2D eigenvalue weighted by Crippen LogP contribution is -2.60. The Labute approximate surface area is 326 Å². The van der Waals surface area contributed by atoms with Gasteiger partial charge in [-0.05, 0) is 62.0 Å². The quantitative estimate of drug-likeness (QED) is 0.188. The van der Waals surface area contributed by atoms with Crippen LogP contribution in [0.3, 0.4) is 0 Å². The summed E-state index contributed by atoms with van der Waals surface area (Å²) in [5, 5.41) is 15.7. The van der Waals surface area contributed by atoms with Gasteiger partial charge in [-0.25, -0.2) is 18.2 Å². The van der Waals surface area contributed by atoms with Crippen molar-refractivity contribution in [3.63, 3.8) is 0 Å². The molecule has 14 nitrogen and oxygen atoms in total. The van der Waals surface area contributed by atoms with Gasteiger partial charge in [-0.1, -0.05) is 63.9 Å². The van der Waals surface area contributed by atoms with Crippen LogP contribution in [0.5, 0.6) is 11.5 Å². The fourth-order valence-corrected chi connectivity index (χ4v) is 10.3. The number of sulfonamides is 1. The zero-order valence-corrected chi connectivity index (χ0v) is 32.9. The standard InChI is InChI=1S/C41H49N5O9S/c1-38(2,3)33(43-37(50)51)35(48)46-22-27(55-32-20-29(25-8-6-5-7-9-25)42-30-18-26(54-4)12-13-28(30)32)19-31(46)34(47)44-41(23-39(41)14-15-39)36(49)45-56(52,53)40(16-17-40)21-24-10-11-24/h5-9,12-13,18,20,24,27,31,33,43H,10-11,14-17,19,21-23H2,1-4H3,(H,44,47)(H,45,49)(H,50,51). The molecule has 5 fully saturated rings. The number of fused-ring (bicyclic) bond motifs is 1. The normalized spacial score (nSPS) is 24.9. The highest BCUT2D eigenvalue weighted by atomic mass is 32.2. The van der Waals surface area contributed by atoms with Crippen LogP contribution in [0.1, 0.15) is 78.6 Å². The number of nitrogens with zero attached hydrogens (tertiary/aromatic N) is 2. The first-order chi connectivity index (χ1) is 26.5. The Balaban J connectivity index is 1.09. The summed E-state index contributed by atoms with van der Waals surface area (Å²) in [6.07, 6.45) is 3.05. The third kappa shape index (κ3) is 6.92. The fraction of sp³-hybridized carbons (Fsp3) is 0.537. The van der Waals surface area contributed by atoms with Gasteiger partial charge in [0.2, 0.25) is 21.8 Å². The monoisotopic (exact) mass is 787 g/mol. The molecule has 4 unspecified atom stereocenters. The number of carbonyl (C=O) groups excluding carboxylic acids is 3. The topological polar surface area (TPSA) is 193 Å². The second-order valence-electron chi connectivity index (χ2n) is 17.6. The lowest BCUT2D eigenvalue weighted by Gasteiger charge is -2.35. The summed E-state index contributed by atoms with van der Waals surface area (Å²) in [5.41, 5.74) is -0.757. The van der Waals surface area contributed by atoms with Gasteiger partial charge in [-0.15, -0.1) is 0 Å². The van der Waals surface area contributed by atoms with Crippen LogP contribution in [0.4, 0.5) is 4.79 Å². The van der Waals surface area contributed by atoms with E-state index in [1.54, 1.807) is 40.0 Å². The third-order valence-electron chi connectivity index (χ3n) is 12.5. The highest BCUT2D eigenvalue weighted by Gasteiger charge is 2.79. The molecule has 1 aromatic heterocycles. The van der Waals surface area contributed by atoms with E-state index in [0.29, 0.717) is 72.5 Å². The average molecular weight is 788 g/mol. The molecular formula is C41H49N5O9S. The average Bonchev–Trinajstić information content (AvgIpc) is 4.00. The Morgan fingerprint density at radius 1 is 1.02 bits per heavy atom. The molecular weight excluding hydrogens is 739 g/mol. The highest BCUT2D eigenvalue weighted by Crippen LogP contribution is 2.73. The molecule has 2 heterocycles. The van der Waals surface area contributed by atoms with Crippen LogP contribution in [0, 0.1) is 16.7 Å². The molecule has 1 aliphatic heterocycles. The molecule has 4 atom stereocenters. The second kappa shape index (κ2) is 13.3. The number of amides is 4. The maximum Gasteiger partial charge on any atom is 0.405 e. The summed E-state index contributed by atoms with van der Waals surface area (Å²) in [7, 11) is -2.42. The number of rotatable bonds is 13. The molecule has 5 aliphatic rings. The number of hydrogen-bond acceptors (Lipinski definition) is 9. The first kappa shape index (κ1) is 38.0. The molecule has 3 aromatic rings. The number of aromatic nitrogens is 1. The number of likely N-dealkylation sites (tertiary alicyclic amines) is 1. The van der Waals surface area contributed by atoms with Crippen LogP contribution in [-0.4, -0.2) is 89.4 Å². The molecule has 298 valence electrons. The molecule has 1 saturated heterocycles. The Kier molecular flexibility index (Phi) is 9.05. The summed E-state index contributed by atoms with van der Waals surface area (Å²) < 4.78 is 40.8. The lowest BCUT2D eigenvalue weighted by molar-refractivity contribution is -0.142. The van der Waals surface area contributed by atoms with Crippen LogP contribution in [0.2, 0.25) is 0 Å². The maximum absolute atomic E-state index is 14.5. The number of ether oxygens (including phenoxy) is 2. The van der Waals surface area contributed by atoms with Gasteiger partial charge in [-0.2, -0.15) is 0 Å². The SMILES string of the molecule is COc1ccc2c(OC3CC(C(=O)NC4(C(=O)NS(=O)(=O)C5(CC6CC6)CC5)CC45CC5)N(C(=O)C(NC(=O)O)C(C)(C)C)C3)cc(-c3ccccc3)nc2c1. The van der Waals surface area contributed by atoms with Gasteiger partial charge in [0.15, 0.2) is 0 Å². The summed E-state index contributed by atoms with van der Waals surface area (Å²) in [4.78, 5) is 61.1. The van der Waals surface area contributed by atoms with Gasteiger partial charge in [0.25, 0.3) is 5.91 Å². The number of carboxylic acid groups (broad SMARTS) is 1. The van der Waals surface area contributed by atoms with Crippen molar-refractivity contribution in [2.75, 3.05) is 13.7 Å². The number of hydrogen-bond donors (Lipinski definition) is 4. The van der Waals surface area contributed by atoms with Crippen LogP contribution < -0.4 is 24.8 Å². The van der Waals surface area contributed by atoms with Crippen LogP contribution in [-0.2, 0) is 24.4 Å². The minimum absolute atomic E-state index is 0.0235. The van der Waals surface area contributed by atoms with Crippen molar-refractivity contribution in [3.8, 4) is 22.8 Å². The number of benzene rings is 2. The van der Waals surface area contributed by atoms with Gasteiger partial charge < -0.3 is 30.1 Å². The molecule has 4 saturated carbocycles. The van der Waals surface area contributed by atoms with Gasteiger partial charge in [0.05, 0.1) is 29.6 Å². The molecule has 4 amide bonds. The van der Waals surface area contributed by atoms with Crippen molar-refractivity contribution in [2.45, 2.75) is 107 Å². The summed E-state index contributed by atoms with van der Waals surface area (Å²) in [6.45, 7) is 5.12. The van der Waals surface area contributed by atoms with E-state index >= 15 is 0 Å². The first-order valence-electron chi connectivity index (χ1n) is 19.4. The third-order valence-corrected chi connectivity index (χ3v) is 14.7. The Morgan fingerprint density at radius 2 is 1.73 bits per heavy atom. The van der Waals surface area contributed by atoms with Crippen molar-refractivity contribution in [1.29, 1.82) is 0 Å². The van der Waals surface area contributed by atoms with Crippen LogP contribution in [0.15, 0.2) is 54.6 Å². The van der Waals surface area contributed by atoms with Crippen molar-refractivity contribution in [2.24, 2.45) is 16.7 Å². The zero-order valence-electron chi connectivity index (χ0n) is 32.1. The molecule has 2 aromatic carbocycles. The lowest BCUT2D eigenvalue weighted by atomic mass is 9.85. The largest absolute Gasteiger partial charge is 0.497 e. The number of pyridine rings is 1. The predicted octanol–water partition coefficient (Wildman–Crippen LogP) is 4.76. The summed E-state index contributed by atoms with van der Waals surface area (Å²) >= 11 is 0. The van der Waals surface area contributed by atoms with Gasteiger partial charge >= 0.3 is 6.09 Å². The van der Waals surface area contributed by atoms with E-state index in [1.807, 2.05) is 42.5 Å². The molecule has 56 heavy (non-hydrogen) atoms. The van der Waals surface area contributed by atoms with Gasteiger partial charge in [0, 0.05) is 34.9 Å². The van der Waals surface area contributed by atoms with Gasteiger partial charge in [0.1, 0.15) is 35.2 Å². The summed E-state index contributed by atoms with van der Waals surface area (Å²) in [5.74, 6) is -0.553. The van der Waals surface area contributed by atoms with Crippen molar-refractivity contribution in [1.82, 2.24) is 25.2 Å². The summed E-state index contributed by atoms with van der Waals surface area (Å²) in [6, 6.07) is 14.4. The number of nitrogens with one attached hydrogen (secondary N) is 3.